The van der Waals surface area contributed by atoms with Gasteiger partial charge < -0.3 is 19.2 Å². The fraction of sp³-hybridized carbons (Fsp3) is 0.300. The number of nitrogens with zero attached hydrogens (tertiary/aromatic N) is 1. The Morgan fingerprint density at radius 1 is 1.33 bits per heavy atom. The van der Waals surface area contributed by atoms with Gasteiger partial charge in [0.1, 0.15) is 23.8 Å². The summed E-state index contributed by atoms with van der Waals surface area (Å²) in [5, 5.41) is 9.72. The zero-order chi connectivity index (χ0) is 18.6. The van der Waals surface area contributed by atoms with Crippen LogP contribution in [0.15, 0.2) is 46.9 Å². The Morgan fingerprint density at radius 3 is 3.04 bits per heavy atom. The van der Waals surface area contributed by atoms with Crippen LogP contribution < -0.4 is 10.1 Å². The van der Waals surface area contributed by atoms with Gasteiger partial charge in [0.05, 0.1) is 6.10 Å². The summed E-state index contributed by atoms with van der Waals surface area (Å²) >= 11 is 0. The lowest BCUT2D eigenvalue weighted by Crippen LogP contribution is -2.16. The van der Waals surface area contributed by atoms with Crippen molar-refractivity contribution in [2.45, 2.75) is 25.9 Å². The summed E-state index contributed by atoms with van der Waals surface area (Å²) in [7, 11) is 0. The van der Waals surface area contributed by atoms with Crippen molar-refractivity contribution in [3.05, 3.63) is 53.9 Å². The Labute approximate surface area is 156 Å². The summed E-state index contributed by atoms with van der Waals surface area (Å²) in [5.74, 6) is 1.82. The van der Waals surface area contributed by atoms with E-state index in [1.54, 1.807) is 18.2 Å². The van der Waals surface area contributed by atoms with Gasteiger partial charge in [-0.05, 0) is 44.0 Å². The zero-order valence-electron chi connectivity index (χ0n) is 15.0. The smallest absolute Gasteiger partial charge is 0.276 e. The molecular weight excluding hydrogens is 346 g/mol. The maximum atomic E-state index is 12.5. The number of amides is 1. The first-order chi connectivity index (χ1) is 13.2. The van der Waals surface area contributed by atoms with Crippen molar-refractivity contribution in [2.75, 3.05) is 18.5 Å². The SMILES string of the molecule is Cc1ccc(-c2cc(C(=O)Nc3cccc(OCC4CCCO4)c3)n[nH]2)o1. The quantitative estimate of drug-likeness (QED) is 0.692. The number of carbonyl (C=O) groups excluding carboxylic acids is 1. The predicted molar refractivity (Wildman–Crippen MR) is 99.9 cm³/mol. The third kappa shape index (κ3) is 4.20. The number of benzene rings is 1. The summed E-state index contributed by atoms with van der Waals surface area (Å²) in [6.45, 7) is 3.18. The van der Waals surface area contributed by atoms with E-state index in [9.17, 15) is 4.79 Å². The van der Waals surface area contributed by atoms with Crippen LogP contribution in [0.3, 0.4) is 0 Å². The number of aryl methyl sites for hydroxylation is 1. The molecule has 0 aliphatic carbocycles. The largest absolute Gasteiger partial charge is 0.491 e. The molecule has 1 unspecified atom stereocenters. The number of hydrogen-bond acceptors (Lipinski definition) is 5. The molecule has 7 nitrogen and oxygen atoms in total. The molecule has 1 atom stereocenters. The number of aromatic amines is 1. The van der Waals surface area contributed by atoms with Crippen LogP contribution in [0, 0.1) is 6.92 Å². The third-order valence-corrected chi connectivity index (χ3v) is 4.37. The Bertz CT molecular complexity index is 925. The van der Waals surface area contributed by atoms with Gasteiger partial charge in [-0.15, -0.1) is 0 Å². The maximum Gasteiger partial charge on any atom is 0.276 e. The standard InChI is InChI=1S/C20H21N3O4/c1-13-7-8-19(27-13)17-11-18(23-22-17)20(24)21-14-4-2-5-15(10-14)26-12-16-6-3-9-25-16/h2,4-5,7-8,10-11,16H,3,6,9,12H2,1H3,(H,21,24)(H,22,23). The molecule has 1 aliphatic rings. The van der Waals surface area contributed by atoms with Crippen molar-refractivity contribution < 1.29 is 18.7 Å². The fourth-order valence-electron chi connectivity index (χ4n) is 2.97. The molecule has 1 saturated heterocycles. The van der Waals surface area contributed by atoms with Gasteiger partial charge in [-0.25, -0.2) is 0 Å². The number of rotatable bonds is 6. The lowest BCUT2D eigenvalue weighted by Gasteiger charge is -2.12. The Morgan fingerprint density at radius 2 is 2.26 bits per heavy atom. The van der Waals surface area contributed by atoms with Crippen LogP contribution in [0.2, 0.25) is 0 Å². The van der Waals surface area contributed by atoms with Gasteiger partial charge in [0, 0.05) is 24.4 Å². The van der Waals surface area contributed by atoms with Crippen molar-refractivity contribution in [2.24, 2.45) is 0 Å². The van der Waals surface area contributed by atoms with Crippen molar-refractivity contribution in [3.8, 4) is 17.2 Å². The van der Waals surface area contributed by atoms with Crippen LogP contribution in [0.1, 0.15) is 29.1 Å². The van der Waals surface area contributed by atoms with E-state index < -0.39 is 0 Å². The minimum atomic E-state index is -0.308. The molecule has 0 saturated carbocycles. The van der Waals surface area contributed by atoms with Gasteiger partial charge in [-0.1, -0.05) is 6.07 Å². The molecule has 140 valence electrons. The second kappa shape index (κ2) is 7.67. The van der Waals surface area contributed by atoms with Crippen molar-refractivity contribution in [1.29, 1.82) is 0 Å². The van der Waals surface area contributed by atoms with Gasteiger partial charge in [0.2, 0.25) is 0 Å². The summed E-state index contributed by atoms with van der Waals surface area (Å²) < 4.78 is 16.9. The minimum Gasteiger partial charge on any atom is -0.491 e. The summed E-state index contributed by atoms with van der Waals surface area (Å²) in [4.78, 5) is 12.5. The molecule has 7 heteroatoms. The number of nitrogens with one attached hydrogen (secondary N) is 2. The van der Waals surface area contributed by atoms with Crippen LogP contribution in [0.4, 0.5) is 5.69 Å². The highest BCUT2D eigenvalue weighted by Gasteiger charge is 2.17. The fourth-order valence-corrected chi connectivity index (χ4v) is 2.97. The van der Waals surface area contributed by atoms with Crippen LogP contribution in [-0.4, -0.2) is 35.4 Å². The second-order valence-electron chi connectivity index (χ2n) is 6.51. The first-order valence-electron chi connectivity index (χ1n) is 8.95. The summed E-state index contributed by atoms with van der Waals surface area (Å²) in [5.41, 5.74) is 1.58. The molecule has 0 bridgehead atoms. The van der Waals surface area contributed by atoms with Crippen LogP contribution >= 0.6 is 0 Å². The summed E-state index contributed by atoms with van der Waals surface area (Å²) in [6.07, 6.45) is 2.25. The molecule has 1 amide bonds. The number of anilines is 1. The maximum absolute atomic E-state index is 12.5. The zero-order valence-corrected chi connectivity index (χ0v) is 15.0. The molecule has 4 rings (SSSR count). The van der Waals surface area contributed by atoms with E-state index in [-0.39, 0.29) is 17.7 Å². The highest BCUT2D eigenvalue weighted by Crippen LogP contribution is 2.22. The van der Waals surface area contributed by atoms with Gasteiger partial charge in [0.25, 0.3) is 5.91 Å². The van der Waals surface area contributed by atoms with E-state index in [1.807, 2.05) is 31.2 Å². The second-order valence-corrected chi connectivity index (χ2v) is 6.51. The highest BCUT2D eigenvalue weighted by molar-refractivity contribution is 6.03. The van der Waals surface area contributed by atoms with E-state index in [4.69, 9.17) is 13.9 Å². The number of furan rings is 1. The molecule has 0 spiro atoms. The average molecular weight is 367 g/mol. The van der Waals surface area contributed by atoms with E-state index in [2.05, 4.69) is 15.5 Å². The Balaban J connectivity index is 1.39. The Kier molecular flexibility index (Phi) is 4.93. The molecule has 2 aromatic heterocycles. The van der Waals surface area contributed by atoms with Crippen LogP contribution in [0.5, 0.6) is 5.75 Å². The predicted octanol–water partition coefficient (Wildman–Crippen LogP) is 3.79. The lowest BCUT2D eigenvalue weighted by molar-refractivity contribution is 0.0680. The molecule has 1 aromatic carbocycles. The lowest BCUT2D eigenvalue weighted by atomic mass is 10.2. The van der Waals surface area contributed by atoms with Gasteiger partial charge in [-0.3, -0.25) is 9.89 Å². The monoisotopic (exact) mass is 367 g/mol. The average Bonchev–Trinajstić information content (AvgIpc) is 3.41. The third-order valence-electron chi connectivity index (χ3n) is 4.37. The Hall–Kier alpha value is -3.06. The number of hydrogen-bond donors (Lipinski definition) is 2. The molecule has 1 fully saturated rings. The number of ether oxygens (including phenoxy) is 2. The molecule has 3 aromatic rings. The van der Waals surface area contributed by atoms with E-state index in [1.165, 1.54) is 0 Å². The molecule has 2 N–H and O–H groups in total. The van der Waals surface area contributed by atoms with Crippen LogP contribution in [-0.2, 0) is 4.74 Å². The van der Waals surface area contributed by atoms with Gasteiger partial charge in [0.15, 0.2) is 11.5 Å². The van der Waals surface area contributed by atoms with Gasteiger partial charge >= 0.3 is 0 Å². The molecule has 1 aliphatic heterocycles. The van der Waals surface area contributed by atoms with Gasteiger partial charge in [-0.2, -0.15) is 5.10 Å². The number of aromatic nitrogens is 2. The molecular formula is C20H21N3O4. The van der Waals surface area contributed by atoms with Crippen molar-refractivity contribution in [1.82, 2.24) is 10.2 Å². The topological polar surface area (TPSA) is 89.4 Å². The molecule has 27 heavy (non-hydrogen) atoms. The number of H-pyrrole nitrogens is 1. The molecule has 0 radical (unpaired) electrons. The first kappa shape index (κ1) is 17.4. The van der Waals surface area contributed by atoms with Crippen molar-refractivity contribution in [3.63, 3.8) is 0 Å². The van der Waals surface area contributed by atoms with E-state index in [0.717, 1.165) is 25.2 Å². The number of carbonyl (C=O) groups is 1. The minimum absolute atomic E-state index is 0.149. The van der Waals surface area contributed by atoms with Crippen LogP contribution in [0.25, 0.3) is 11.5 Å². The highest BCUT2D eigenvalue weighted by atomic mass is 16.5. The normalized spacial score (nSPS) is 16.4. The van der Waals surface area contributed by atoms with Crippen molar-refractivity contribution >= 4 is 11.6 Å². The molecule has 3 heterocycles. The van der Waals surface area contributed by atoms with E-state index in [0.29, 0.717) is 29.5 Å². The van der Waals surface area contributed by atoms with E-state index >= 15 is 0 Å². The summed E-state index contributed by atoms with van der Waals surface area (Å²) in [6, 6.07) is 12.6. The first-order valence-corrected chi connectivity index (χ1v) is 8.95.